The average Bonchev–Trinajstić information content (AvgIpc) is 2.05. The molecule has 0 aliphatic rings. The van der Waals surface area contributed by atoms with Crippen LogP contribution in [0.2, 0.25) is 0 Å². The van der Waals surface area contributed by atoms with E-state index in [0.29, 0.717) is 9.34 Å². The van der Waals surface area contributed by atoms with Gasteiger partial charge in [-0.05, 0) is 0 Å². The molecular formula is C8H20F3N2P. The van der Waals surface area contributed by atoms with Crippen molar-refractivity contribution in [3.05, 3.63) is 0 Å². The zero-order valence-corrected chi connectivity index (χ0v) is 10.2. The van der Waals surface area contributed by atoms with Crippen LogP contribution in [0.25, 0.3) is 0 Å². The van der Waals surface area contributed by atoms with Gasteiger partial charge in [-0.15, -0.1) is 0 Å². The fourth-order valence-electron chi connectivity index (χ4n) is 1.52. The van der Waals surface area contributed by atoms with Gasteiger partial charge in [-0.1, -0.05) is 0 Å². The van der Waals surface area contributed by atoms with E-state index in [2.05, 4.69) is 0 Å². The minimum absolute atomic E-state index is 0.0360. The number of nitrogens with zero attached hydrogens (tertiary/aromatic N) is 2. The zero-order chi connectivity index (χ0) is 11.4. The average molecular weight is 232 g/mol. The summed E-state index contributed by atoms with van der Waals surface area (Å²) < 4.78 is 42.6. The van der Waals surface area contributed by atoms with Crippen LogP contribution in [0.4, 0.5) is 12.6 Å². The summed E-state index contributed by atoms with van der Waals surface area (Å²) >= 11 is 0. The Morgan fingerprint density at radius 1 is 0.714 bits per heavy atom. The van der Waals surface area contributed by atoms with Gasteiger partial charge in [0.2, 0.25) is 0 Å². The molecule has 0 aromatic rings. The van der Waals surface area contributed by atoms with Crippen LogP contribution in [0.5, 0.6) is 0 Å². The van der Waals surface area contributed by atoms with Crippen molar-refractivity contribution in [1.29, 1.82) is 0 Å². The quantitative estimate of drug-likeness (QED) is 0.644. The van der Waals surface area contributed by atoms with E-state index in [0.717, 1.165) is 0 Å². The summed E-state index contributed by atoms with van der Waals surface area (Å²) in [7, 11) is -6.27. The molecule has 0 rings (SSSR count). The first-order chi connectivity index (χ1) is 6.32. The summed E-state index contributed by atoms with van der Waals surface area (Å²) in [5.74, 6) is 0. The van der Waals surface area contributed by atoms with E-state index in [4.69, 9.17) is 0 Å². The van der Waals surface area contributed by atoms with E-state index in [1.165, 1.54) is 0 Å². The maximum absolute atomic E-state index is 13.8. The Morgan fingerprint density at radius 3 is 1.07 bits per heavy atom. The predicted molar refractivity (Wildman–Crippen MR) is 56.1 cm³/mol. The van der Waals surface area contributed by atoms with E-state index in [1.807, 2.05) is 0 Å². The molecule has 14 heavy (non-hydrogen) atoms. The Labute approximate surface area is 84.5 Å². The third kappa shape index (κ3) is 2.59. The summed E-state index contributed by atoms with van der Waals surface area (Å²) in [4.78, 5) is 0. The molecule has 0 radical (unpaired) electrons. The third-order valence-corrected chi connectivity index (χ3v) is 5.27. The van der Waals surface area contributed by atoms with Crippen LogP contribution in [0.1, 0.15) is 27.7 Å². The van der Waals surface area contributed by atoms with Crippen molar-refractivity contribution in [2.24, 2.45) is 0 Å². The van der Waals surface area contributed by atoms with E-state index >= 15 is 0 Å². The van der Waals surface area contributed by atoms with Gasteiger partial charge in [0.05, 0.1) is 0 Å². The summed E-state index contributed by atoms with van der Waals surface area (Å²) in [6.07, 6.45) is 0. The zero-order valence-electron chi connectivity index (χ0n) is 9.30. The Bertz CT molecular complexity index is 157. The fraction of sp³-hybridized carbons (Fsp3) is 1.00. The van der Waals surface area contributed by atoms with Crippen LogP contribution < -0.4 is 0 Å². The van der Waals surface area contributed by atoms with Crippen LogP contribution in [-0.2, 0) is 0 Å². The van der Waals surface area contributed by atoms with Gasteiger partial charge >= 0.3 is 83.6 Å². The molecule has 0 amide bonds. The first-order valence-corrected chi connectivity index (χ1v) is 6.81. The van der Waals surface area contributed by atoms with Gasteiger partial charge in [-0.2, -0.15) is 0 Å². The molecule has 0 saturated carbocycles. The first-order valence-electron chi connectivity index (χ1n) is 5.00. The molecule has 0 bridgehead atoms. The number of hydrogen-bond donors (Lipinski definition) is 0. The number of halogens is 3. The Hall–Kier alpha value is 0.140. The molecule has 0 saturated heterocycles. The van der Waals surface area contributed by atoms with Gasteiger partial charge in [-0.25, -0.2) is 0 Å². The topological polar surface area (TPSA) is 6.48 Å². The molecule has 0 spiro atoms. The molecule has 0 aromatic carbocycles. The second-order valence-electron chi connectivity index (χ2n) is 3.01. The van der Waals surface area contributed by atoms with E-state index in [-0.39, 0.29) is 26.2 Å². The second-order valence-corrected chi connectivity index (χ2v) is 5.61. The van der Waals surface area contributed by atoms with Gasteiger partial charge < -0.3 is 0 Å². The second kappa shape index (κ2) is 4.77. The van der Waals surface area contributed by atoms with Crippen molar-refractivity contribution >= 4 is 7.84 Å². The van der Waals surface area contributed by atoms with Gasteiger partial charge in [0.25, 0.3) is 0 Å². The summed E-state index contributed by atoms with van der Waals surface area (Å²) in [5.41, 5.74) is 0. The van der Waals surface area contributed by atoms with Crippen LogP contribution in [0.15, 0.2) is 0 Å². The first kappa shape index (κ1) is 14.1. The monoisotopic (exact) mass is 232 g/mol. The fourth-order valence-corrected chi connectivity index (χ4v) is 3.67. The Balaban J connectivity index is 4.96. The van der Waals surface area contributed by atoms with Gasteiger partial charge in [0.1, 0.15) is 0 Å². The third-order valence-electron chi connectivity index (χ3n) is 2.35. The van der Waals surface area contributed by atoms with Crippen molar-refractivity contribution in [2.75, 3.05) is 26.2 Å². The molecule has 0 heterocycles. The molecule has 88 valence electrons. The normalized spacial score (nSPS) is 15.9. The summed E-state index contributed by atoms with van der Waals surface area (Å²) in [6, 6.07) is 0. The molecule has 0 aliphatic carbocycles. The molecule has 0 fully saturated rings. The van der Waals surface area contributed by atoms with Crippen LogP contribution in [0.3, 0.4) is 0 Å². The van der Waals surface area contributed by atoms with Crippen molar-refractivity contribution < 1.29 is 12.6 Å². The van der Waals surface area contributed by atoms with Crippen molar-refractivity contribution in [1.82, 2.24) is 9.34 Å². The summed E-state index contributed by atoms with van der Waals surface area (Å²) in [5, 5.41) is 0. The molecule has 0 unspecified atom stereocenters. The molecule has 0 atom stereocenters. The van der Waals surface area contributed by atoms with Crippen LogP contribution in [-0.4, -0.2) is 35.5 Å². The molecule has 0 aromatic heterocycles. The van der Waals surface area contributed by atoms with Crippen molar-refractivity contribution in [3.8, 4) is 0 Å². The molecule has 6 heteroatoms. The minimum atomic E-state index is -6.27. The maximum atomic E-state index is 13.8. The van der Waals surface area contributed by atoms with E-state index in [9.17, 15) is 12.6 Å². The van der Waals surface area contributed by atoms with Gasteiger partial charge in [-0.3, -0.25) is 0 Å². The van der Waals surface area contributed by atoms with Gasteiger partial charge in [0.15, 0.2) is 0 Å². The van der Waals surface area contributed by atoms with Crippen molar-refractivity contribution in [2.45, 2.75) is 27.7 Å². The summed E-state index contributed by atoms with van der Waals surface area (Å²) in [6.45, 7) is 6.34. The number of hydrogen-bond acceptors (Lipinski definition) is 2. The SMILES string of the molecule is CCN(CC)P(F)(F)(F)N(CC)CC. The number of rotatable bonds is 6. The Kier molecular flexibility index (Phi) is 4.82. The van der Waals surface area contributed by atoms with E-state index < -0.39 is 7.84 Å². The molecule has 0 N–H and O–H groups in total. The van der Waals surface area contributed by atoms with E-state index in [1.54, 1.807) is 27.7 Å². The Morgan fingerprint density at radius 2 is 0.929 bits per heavy atom. The predicted octanol–water partition coefficient (Wildman–Crippen LogP) is 3.71. The standard InChI is InChI=1S/C8H20F3N2P/c1-5-12(6-2)14(9,10,11)13(7-3)8-4/h5-8H2,1-4H3. The van der Waals surface area contributed by atoms with Crippen molar-refractivity contribution in [3.63, 3.8) is 0 Å². The molecule has 2 nitrogen and oxygen atoms in total. The van der Waals surface area contributed by atoms with Gasteiger partial charge in [0, 0.05) is 0 Å². The van der Waals surface area contributed by atoms with Crippen LogP contribution >= 0.6 is 7.84 Å². The van der Waals surface area contributed by atoms with Crippen LogP contribution in [0, 0.1) is 0 Å². The molecular weight excluding hydrogens is 212 g/mol. The molecule has 0 aliphatic heterocycles.